The van der Waals surface area contributed by atoms with Crippen LogP contribution in [0.5, 0.6) is 0 Å². The van der Waals surface area contributed by atoms with Crippen molar-refractivity contribution in [2.75, 3.05) is 44.2 Å². The smallest absolute Gasteiger partial charge is 0.201 e. The summed E-state index contributed by atoms with van der Waals surface area (Å²) in [5, 5.41) is 3.44. The molecule has 1 saturated heterocycles. The molecular formula is C14H20N4. The van der Waals surface area contributed by atoms with Crippen molar-refractivity contribution in [3.8, 4) is 0 Å². The zero-order chi connectivity index (χ0) is 12.2. The van der Waals surface area contributed by atoms with Crippen LogP contribution in [0.25, 0.3) is 0 Å². The third kappa shape index (κ3) is 2.34. The Bertz CT molecular complexity index is 407. The molecule has 2 heterocycles. The Morgan fingerprint density at radius 1 is 1.00 bits per heavy atom. The molecule has 0 radical (unpaired) electrons. The van der Waals surface area contributed by atoms with Gasteiger partial charge in [-0.25, -0.2) is 0 Å². The molecule has 18 heavy (non-hydrogen) atoms. The Hall–Kier alpha value is -1.55. The first-order chi connectivity index (χ1) is 8.95. The number of para-hydroxylation sites is 1. The standard InChI is InChI=1S/C14H20N4/c1-2-5-13(6-3-1)18-12-9-16-14(18)17-10-4-7-15-8-11-17/h1-3,5-6,15H,4,7-12H2. The van der Waals surface area contributed by atoms with Crippen LogP contribution in [0.15, 0.2) is 35.3 Å². The number of nitrogens with zero attached hydrogens (tertiary/aromatic N) is 3. The average molecular weight is 244 g/mol. The van der Waals surface area contributed by atoms with Crippen LogP contribution < -0.4 is 10.2 Å². The fraction of sp³-hybridized carbons (Fsp3) is 0.500. The first kappa shape index (κ1) is 11.5. The summed E-state index contributed by atoms with van der Waals surface area (Å²) >= 11 is 0. The van der Waals surface area contributed by atoms with Gasteiger partial charge in [0, 0.05) is 31.9 Å². The maximum atomic E-state index is 4.70. The molecule has 0 bridgehead atoms. The number of hydrogen-bond donors (Lipinski definition) is 1. The highest BCUT2D eigenvalue weighted by Crippen LogP contribution is 2.19. The molecule has 1 fully saturated rings. The number of rotatable bonds is 1. The minimum absolute atomic E-state index is 0.911. The SMILES string of the molecule is c1ccc(N2CCN=C2N2CCCNCC2)cc1. The Kier molecular flexibility index (Phi) is 3.46. The predicted molar refractivity (Wildman–Crippen MR) is 75.1 cm³/mol. The first-order valence-electron chi connectivity index (χ1n) is 6.78. The van der Waals surface area contributed by atoms with E-state index in [1.807, 2.05) is 0 Å². The van der Waals surface area contributed by atoms with Crippen molar-refractivity contribution in [2.24, 2.45) is 4.99 Å². The first-order valence-corrected chi connectivity index (χ1v) is 6.78. The van der Waals surface area contributed by atoms with E-state index < -0.39 is 0 Å². The molecule has 2 aliphatic rings. The monoisotopic (exact) mass is 244 g/mol. The van der Waals surface area contributed by atoms with Gasteiger partial charge in [0.2, 0.25) is 5.96 Å². The van der Waals surface area contributed by atoms with Gasteiger partial charge in [-0.2, -0.15) is 0 Å². The van der Waals surface area contributed by atoms with Gasteiger partial charge in [0.1, 0.15) is 0 Å². The van der Waals surface area contributed by atoms with Gasteiger partial charge in [-0.15, -0.1) is 0 Å². The van der Waals surface area contributed by atoms with Crippen LogP contribution in [-0.2, 0) is 0 Å². The summed E-state index contributed by atoms with van der Waals surface area (Å²) in [4.78, 5) is 9.45. The van der Waals surface area contributed by atoms with Crippen molar-refractivity contribution < 1.29 is 0 Å². The largest absolute Gasteiger partial charge is 0.341 e. The highest BCUT2D eigenvalue weighted by molar-refractivity contribution is 5.97. The lowest BCUT2D eigenvalue weighted by Gasteiger charge is -2.29. The molecule has 4 heteroatoms. The van der Waals surface area contributed by atoms with Crippen molar-refractivity contribution in [1.29, 1.82) is 0 Å². The van der Waals surface area contributed by atoms with Gasteiger partial charge in [-0.05, 0) is 25.1 Å². The number of aliphatic imine (C=N–C) groups is 1. The van der Waals surface area contributed by atoms with Crippen molar-refractivity contribution in [3.63, 3.8) is 0 Å². The molecule has 0 spiro atoms. The van der Waals surface area contributed by atoms with Gasteiger partial charge >= 0.3 is 0 Å². The zero-order valence-corrected chi connectivity index (χ0v) is 10.7. The van der Waals surface area contributed by atoms with E-state index in [1.54, 1.807) is 0 Å². The molecule has 0 unspecified atom stereocenters. The summed E-state index contributed by atoms with van der Waals surface area (Å²) in [5.41, 5.74) is 1.26. The number of guanidine groups is 1. The quantitative estimate of drug-likeness (QED) is 0.804. The minimum atomic E-state index is 0.911. The summed E-state index contributed by atoms with van der Waals surface area (Å²) in [6.07, 6.45) is 1.20. The van der Waals surface area contributed by atoms with Crippen LogP contribution in [0.1, 0.15) is 6.42 Å². The molecule has 0 atom stereocenters. The molecule has 96 valence electrons. The van der Waals surface area contributed by atoms with Crippen LogP contribution in [-0.4, -0.2) is 50.1 Å². The molecule has 0 aliphatic carbocycles. The fourth-order valence-corrected chi connectivity index (χ4v) is 2.60. The second-order valence-corrected chi connectivity index (χ2v) is 4.76. The summed E-state index contributed by atoms with van der Waals surface area (Å²) < 4.78 is 0. The molecular weight excluding hydrogens is 224 g/mol. The van der Waals surface area contributed by atoms with Gasteiger partial charge in [0.05, 0.1) is 6.54 Å². The van der Waals surface area contributed by atoms with E-state index in [9.17, 15) is 0 Å². The van der Waals surface area contributed by atoms with Gasteiger partial charge in [0.15, 0.2) is 0 Å². The molecule has 4 nitrogen and oxygen atoms in total. The average Bonchev–Trinajstić information content (AvgIpc) is 2.75. The number of anilines is 1. The lowest BCUT2D eigenvalue weighted by molar-refractivity contribution is 0.441. The summed E-state index contributed by atoms with van der Waals surface area (Å²) in [6, 6.07) is 10.6. The zero-order valence-electron chi connectivity index (χ0n) is 10.7. The van der Waals surface area contributed by atoms with E-state index in [-0.39, 0.29) is 0 Å². The second-order valence-electron chi connectivity index (χ2n) is 4.76. The minimum Gasteiger partial charge on any atom is -0.341 e. The summed E-state index contributed by atoms with van der Waals surface area (Å²) in [6.45, 7) is 6.26. The van der Waals surface area contributed by atoms with Crippen molar-refractivity contribution in [1.82, 2.24) is 10.2 Å². The maximum absolute atomic E-state index is 4.70. The molecule has 0 saturated carbocycles. The number of nitrogens with one attached hydrogen (secondary N) is 1. The van der Waals surface area contributed by atoms with Crippen molar-refractivity contribution >= 4 is 11.6 Å². The maximum Gasteiger partial charge on any atom is 0.201 e. The third-order valence-corrected chi connectivity index (χ3v) is 3.51. The van der Waals surface area contributed by atoms with Crippen LogP contribution in [0, 0.1) is 0 Å². The topological polar surface area (TPSA) is 30.9 Å². The third-order valence-electron chi connectivity index (χ3n) is 3.51. The van der Waals surface area contributed by atoms with E-state index in [1.165, 1.54) is 12.1 Å². The molecule has 0 aromatic heterocycles. The summed E-state index contributed by atoms with van der Waals surface area (Å²) in [5.74, 6) is 1.16. The van der Waals surface area contributed by atoms with Gasteiger partial charge in [-0.3, -0.25) is 4.99 Å². The Morgan fingerprint density at radius 3 is 2.78 bits per heavy atom. The Balaban J connectivity index is 1.78. The van der Waals surface area contributed by atoms with Gasteiger partial charge in [-0.1, -0.05) is 18.2 Å². The van der Waals surface area contributed by atoms with Crippen LogP contribution in [0.3, 0.4) is 0 Å². The second kappa shape index (κ2) is 5.40. The molecule has 0 amide bonds. The lowest BCUT2D eigenvalue weighted by atomic mass is 10.3. The van der Waals surface area contributed by atoms with Crippen LogP contribution in [0.2, 0.25) is 0 Å². The molecule has 3 rings (SSSR count). The Labute approximate surface area is 108 Å². The van der Waals surface area contributed by atoms with E-state index in [2.05, 4.69) is 45.4 Å². The highest BCUT2D eigenvalue weighted by Gasteiger charge is 2.24. The van der Waals surface area contributed by atoms with Crippen molar-refractivity contribution in [3.05, 3.63) is 30.3 Å². The van der Waals surface area contributed by atoms with E-state index in [4.69, 9.17) is 4.99 Å². The van der Waals surface area contributed by atoms with Gasteiger partial charge < -0.3 is 15.1 Å². The molecule has 1 N–H and O–H groups in total. The normalized spacial score (nSPS) is 20.8. The number of benzene rings is 1. The van der Waals surface area contributed by atoms with Crippen LogP contribution >= 0.6 is 0 Å². The fourth-order valence-electron chi connectivity index (χ4n) is 2.60. The summed E-state index contributed by atoms with van der Waals surface area (Å²) in [7, 11) is 0. The Morgan fingerprint density at radius 2 is 1.89 bits per heavy atom. The molecule has 1 aromatic rings. The predicted octanol–water partition coefficient (Wildman–Crippen LogP) is 1.16. The van der Waals surface area contributed by atoms with Crippen molar-refractivity contribution in [2.45, 2.75) is 6.42 Å². The van der Waals surface area contributed by atoms with E-state index >= 15 is 0 Å². The van der Waals surface area contributed by atoms with Crippen LogP contribution in [0.4, 0.5) is 5.69 Å². The molecule has 2 aliphatic heterocycles. The van der Waals surface area contributed by atoms with E-state index in [0.717, 1.165) is 45.2 Å². The van der Waals surface area contributed by atoms with Gasteiger partial charge in [0.25, 0.3) is 0 Å². The van der Waals surface area contributed by atoms with E-state index in [0.29, 0.717) is 0 Å². The number of hydrogen-bond acceptors (Lipinski definition) is 4. The highest BCUT2D eigenvalue weighted by atomic mass is 15.4. The lowest BCUT2D eigenvalue weighted by Crippen LogP contribution is -2.43. The molecule has 1 aromatic carbocycles.